The Labute approximate surface area is 182 Å². The Balaban J connectivity index is 1.75. The molecule has 0 aromatic heterocycles. The number of aryl methyl sites for hydroxylation is 2. The molecule has 0 saturated carbocycles. The van der Waals surface area contributed by atoms with Crippen LogP contribution < -0.4 is 9.64 Å². The number of benzene rings is 3. The minimum absolute atomic E-state index is 0.0310. The predicted molar refractivity (Wildman–Crippen MR) is 121 cm³/mol. The summed E-state index contributed by atoms with van der Waals surface area (Å²) in [5.74, 6) is 0.934. The molecule has 1 amide bonds. The summed E-state index contributed by atoms with van der Waals surface area (Å²) >= 11 is 0. The maximum absolute atomic E-state index is 13.3. The first-order chi connectivity index (χ1) is 14.8. The molecule has 5 nitrogen and oxygen atoms in total. The van der Waals surface area contributed by atoms with Crippen LogP contribution in [-0.2, 0) is 11.2 Å². The monoisotopic (exact) mass is 417 g/mol. The van der Waals surface area contributed by atoms with Gasteiger partial charge >= 0.3 is 0 Å². The highest BCUT2D eigenvalue weighted by molar-refractivity contribution is 6.03. The number of nitrogens with zero attached hydrogens (tertiary/aromatic N) is 1. The molecular weight excluding hydrogens is 390 g/mol. The van der Waals surface area contributed by atoms with E-state index in [2.05, 4.69) is 0 Å². The molecule has 4 rings (SSSR count). The fourth-order valence-electron chi connectivity index (χ4n) is 4.27. The molecule has 3 aromatic rings. The molecule has 1 aliphatic heterocycles. The second kappa shape index (κ2) is 7.99. The number of hydrogen-bond acceptors (Lipinski definition) is 4. The first-order valence-electron chi connectivity index (χ1n) is 10.4. The third-order valence-corrected chi connectivity index (χ3v) is 6.28. The summed E-state index contributed by atoms with van der Waals surface area (Å²) in [4.78, 5) is 15.1. The Bertz CT molecular complexity index is 1140. The first-order valence-corrected chi connectivity index (χ1v) is 10.4. The lowest BCUT2D eigenvalue weighted by atomic mass is 9.77. The Kier molecular flexibility index (Phi) is 5.36. The van der Waals surface area contributed by atoms with Gasteiger partial charge in [0.05, 0.1) is 19.1 Å². The maximum atomic E-state index is 13.3. The number of ether oxygens (including phenoxy) is 1. The normalized spacial score (nSPS) is 18.1. The van der Waals surface area contributed by atoms with Crippen molar-refractivity contribution >= 4 is 11.6 Å². The Hall–Kier alpha value is -3.47. The molecule has 1 fully saturated rings. The number of hydrogen-bond donors (Lipinski definition) is 2. The van der Waals surface area contributed by atoms with Gasteiger partial charge in [-0.1, -0.05) is 24.3 Å². The van der Waals surface area contributed by atoms with Crippen molar-refractivity contribution in [3.63, 3.8) is 0 Å². The van der Waals surface area contributed by atoms with Crippen molar-refractivity contribution in [3.8, 4) is 17.2 Å². The summed E-state index contributed by atoms with van der Waals surface area (Å²) < 4.78 is 5.53. The van der Waals surface area contributed by atoms with E-state index >= 15 is 0 Å². The minimum atomic E-state index is -0.265. The fraction of sp³-hybridized carbons (Fsp3) is 0.269. The molecule has 2 N–H and O–H groups in total. The number of carbonyl (C=O) groups excluding carboxylic acids is 1. The van der Waals surface area contributed by atoms with Gasteiger partial charge in [-0.2, -0.15) is 0 Å². The average molecular weight is 418 g/mol. The molecule has 1 aliphatic rings. The summed E-state index contributed by atoms with van der Waals surface area (Å²) in [6.45, 7) is 5.86. The van der Waals surface area contributed by atoms with E-state index < -0.39 is 0 Å². The van der Waals surface area contributed by atoms with E-state index in [4.69, 9.17) is 4.74 Å². The molecule has 0 radical (unpaired) electrons. The van der Waals surface area contributed by atoms with Crippen molar-refractivity contribution in [2.24, 2.45) is 5.92 Å². The highest BCUT2D eigenvalue weighted by Crippen LogP contribution is 2.47. The molecule has 1 saturated heterocycles. The van der Waals surface area contributed by atoms with Gasteiger partial charge in [-0.05, 0) is 79.3 Å². The molecule has 160 valence electrons. The number of anilines is 1. The van der Waals surface area contributed by atoms with E-state index in [0.717, 1.165) is 39.3 Å². The quantitative estimate of drug-likeness (QED) is 0.575. The zero-order valence-electron chi connectivity index (χ0n) is 18.2. The molecule has 2 atom stereocenters. The number of rotatable bonds is 5. The largest absolute Gasteiger partial charge is 0.508 e. The van der Waals surface area contributed by atoms with E-state index in [1.165, 1.54) is 0 Å². The van der Waals surface area contributed by atoms with Gasteiger partial charge in [0, 0.05) is 11.8 Å². The summed E-state index contributed by atoms with van der Waals surface area (Å²) in [6.07, 6.45) is 0.552. The number of phenolic OH excluding ortho intramolecular Hbond substituents is 2. The van der Waals surface area contributed by atoms with Gasteiger partial charge < -0.3 is 19.8 Å². The third-order valence-electron chi connectivity index (χ3n) is 6.28. The SMILES string of the molecule is COc1cc(N2C(=O)[C@H](Cc3ccc(O)cc3)[C@@H]2c2ccc(C)c(O)c2)cc(C)c1C. The van der Waals surface area contributed by atoms with Crippen LogP contribution in [0.4, 0.5) is 5.69 Å². The van der Waals surface area contributed by atoms with Gasteiger partial charge in [0.25, 0.3) is 0 Å². The zero-order valence-corrected chi connectivity index (χ0v) is 18.2. The lowest BCUT2D eigenvalue weighted by Gasteiger charge is -2.48. The van der Waals surface area contributed by atoms with Crippen LogP contribution in [0.15, 0.2) is 54.6 Å². The van der Waals surface area contributed by atoms with Gasteiger partial charge in [0.15, 0.2) is 0 Å². The molecule has 0 bridgehead atoms. The summed E-state index contributed by atoms with van der Waals surface area (Å²) in [6, 6.07) is 16.3. The van der Waals surface area contributed by atoms with Gasteiger partial charge in [0.2, 0.25) is 5.91 Å². The standard InChI is InChI=1S/C26H27NO4/c1-15-5-8-19(13-23(15)29)25-22(12-18-6-9-21(28)10-7-18)26(30)27(25)20-11-16(2)17(3)24(14-20)31-4/h5-11,13-14,22,25,28-29H,12H2,1-4H3/t22-,25+/m1/s1. The number of methoxy groups -OCH3 is 1. The predicted octanol–water partition coefficient (Wildman–Crippen LogP) is 4.98. The summed E-state index contributed by atoms with van der Waals surface area (Å²) in [7, 11) is 1.63. The van der Waals surface area contributed by atoms with Crippen molar-refractivity contribution in [1.29, 1.82) is 0 Å². The van der Waals surface area contributed by atoms with Crippen molar-refractivity contribution in [3.05, 3.63) is 82.4 Å². The highest BCUT2D eigenvalue weighted by Gasteiger charge is 2.49. The number of aromatic hydroxyl groups is 2. The van der Waals surface area contributed by atoms with E-state index in [1.54, 1.807) is 30.2 Å². The molecule has 1 heterocycles. The van der Waals surface area contributed by atoms with E-state index in [-0.39, 0.29) is 29.4 Å². The average Bonchev–Trinajstić information content (AvgIpc) is 2.75. The number of β-lactam (4-membered cyclic amide) rings is 1. The third kappa shape index (κ3) is 3.72. The van der Waals surface area contributed by atoms with E-state index in [0.29, 0.717) is 6.42 Å². The van der Waals surface area contributed by atoms with Crippen molar-refractivity contribution in [2.75, 3.05) is 12.0 Å². The van der Waals surface area contributed by atoms with Gasteiger partial charge in [-0.3, -0.25) is 4.79 Å². The summed E-state index contributed by atoms with van der Waals surface area (Å²) in [5, 5.41) is 19.9. The van der Waals surface area contributed by atoms with E-state index in [9.17, 15) is 15.0 Å². The number of amides is 1. The molecule has 0 aliphatic carbocycles. The zero-order chi connectivity index (χ0) is 22.3. The van der Waals surface area contributed by atoms with Crippen LogP contribution in [0.3, 0.4) is 0 Å². The van der Waals surface area contributed by atoms with Crippen molar-refractivity contribution in [2.45, 2.75) is 33.2 Å². The van der Waals surface area contributed by atoms with Crippen LogP contribution in [0, 0.1) is 26.7 Å². The topological polar surface area (TPSA) is 70.0 Å². The summed E-state index contributed by atoms with van der Waals surface area (Å²) in [5.41, 5.74) is 5.55. The van der Waals surface area contributed by atoms with Crippen LogP contribution in [-0.4, -0.2) is 23.2 Å². The lowest BCUT2D eigenvalue weighted by Crippen LogP contribution is -2.56. The van der Waals surface area contributed by atoms with Gasteiger partial charge in [0.1, 0.15) is 17.2 Å². The van der Waals surface area contributed by atoms with Gasteiger partial charge in [-0.15, -0.1) is 0 Å². The Morgan fingerprint density at radius 1 is 0.935 bits per heavy atom. The molecule has 3 aromatic carbocycles. The second-order valence-electron chi connectivity index (χ2n) is 8.27. The minimum Gasteiger partial charge on any atom is -0.508 e. The molecular formula is C26H27NO4. The number of phenols is 2. The molecule has 31 heavy (non-hydrogen) atoms. The van der Waals surface area contributed by atoms with E-state index in [1.807, 2.05) is 57.2 Å². The van der Waals surface area contributed by atoms with Crippen LogP contribution in [0.2, 0.25) is 0 Å². The Morgan fingerprint density at radius 2 is 1.65 bits per heavy atom. The molecule has 0 spiro atoms. The molecule has 5 heteroatoms. The highest BCUT2D eigenvalue weighted by atomic mass is 16.5. The van der Waals surface area contributed by atoms with Crippen LogP contribution in [0.5, 0.6) is 17.2 Å². The lowest BCUT2D eigenvalue weighted by molar-refractivity contribution is -0.130. The van der Waals surface area contributed by atoms with Crippen LogP contribution >= 0.6 is 0 Å². The molecule has 0 unspecified atom stereocenters. The smallest absolute Gasteiger partial charge is 0.233 e. The van der Waals surface area contributed by atoms with Crippen molar-refractivity contribution in [1.82, 2.24) is 0 Å². The van der Waals surface area contributed by atoms with Crippen LogP contribution in [0.25, 0.3) is 0 Å². The van der Waals surface area contributed by atoms with Crippen molar-refractivity contribution < 1.29 is 19.7 Å². The first kappa shape index (κ1) is 20.8. The maximum Gasteiger partial charge on any atom is 0.233 e. The second-order valence-corrected chi connectivity index (χ2v) is 8.27. The Morgan fingerprint density at radius 3 is 2.29 bits per heavy atom. The number of carbonyl (C=O) groups is 1. The van der Waals surface area contributed by atoms with Crippen LogP contribution in [0.1, 0.15) is 33.9 Å². The van der Waals surface area contributed by atoms with Gasteiger partial charge in [-0.25, -0.2) is 0 Å². The fourth-order valence-corrected chi connectivity index (χ4v) is 4.27.